The second kappa shape index (κ2) is 8.34. The first-order valence-corrected chi connectivity index (χ1v) is 8.33. The summed E-state index contributed by atoms with van der Waals surface area (Å²) >= 11 is 11.9. The van der Waals surface area contributed by atoms with Crippen LogP contribution < -0.4 is 10.6 Å². The minimum atomic E-state index is -0.363. The summed E-state index contributed by atoms with van der Waals surface area (Å²) in [6, 6.07) is 10.0. The molecule has 0 spiro atoms. The lowest BCUT2D eigenvalue weighted by atomic mass is 10.1. The minimum absolute atomic E-state index is 0.171. The summed E-state index contributed by atoms with van der Waals surface area (Å²) in [5.74, 6) is -0.534. The van der Waals surface area contributed by atoms with E-state index in [9.17, 15) is 9.59 Å². The number of hydrogen-bond acceptors (Lipinski definition) is 3. The quantitative estimate of drug-likeness (QED) is 0.823. The first-order chi connectivity index (χ1) is 11.7. The molecule has 0 fully saturated rings. The number of nitrogens with zero attached hydrogens (tertiary/aromatic N) is 1. The molecule has 0 saturated heterocycles. The zero-order valence-corrected chi connectivity index (χ0v) is 15.7. The van der Waals surface area contributed by atoms with Crippen molar-refractivity contribution in [3.63, 3.8) is 0 Å². The summed E-state index contributed by atoms with van der Waals surface area (Å²) in [5, 5.41) is 6.35. The van der Waals surface area contributed by atoms with Crippen LogP contribution in [-0.4, -0.2) is 37.4 Å². The molecule has 2 rings (SSSR count). The van der Waals surface area contributed by atoms with E-state index in [0.717, 1.165) is 5.56 Å². The van der Waals surface area contributed by atoms with Crippen molar-refractivity contribution in [2.45, 2.75) is 6.92 Å². The van der Waals surface area contributed by atoms with Gasteiger partial charge in [0.25, 0.3) is 5.91 Å². The van der Waals surface area contributed by atoms with Gasteiger partial charge in [-0.15, -0.1) is 0 Å². The summed E-state index contributed by atoms with van der Waals surface area (Å²) in [6.45, 7) is 2.14. The molecule has 0 atom stereocenters. The van der Waals surface area contributed by atoms with Crippen LogP contribution in [0.5, 0.6) is 0 Å². The van der Waals surface area contributed by atoms with Crippen LogP contribution in [0.1, 0.15) is 15.9 Å². The average molecular weight is 380 g/mol. The lowest BCUT2D eigenvalue weighted by Gasteiger charge is -2.15. The van der Waals surface area contributed by atoms with Gasteiger partial charge in [0.1, 0.15) is 0 Å². The van der Waals surface area contributed by atoms with Crippen molar-refractivity contribution in [1.29, 1.82) is 0 Å². The predicted octanol–water partition coefficient (Wildman–Crippen LogP) is 4.05. The Morgan fingerprint density at radius 3 is 2.20 bits per heavy atom. The number of anilines is 2. The van der Waals surface area contributed by atoms with Crippen LogP contribution >= 0.6 is 23.2 Å². The normalized spacial score (nSPS) is 10.6. The standard InChI is InChI=1S/C18H19Cl2N3O2/c1-11-4-5-15(21-17(24)10-23(2)3)16(6-11)22-18(25)12-7-13(19)9-14(20)8-12/h4-9H,10H2,1-3H3,(H,21,24)(H,22,25). The van der Waals surface area contributed by atoms with Gasteiger partial charge >= 0.3 is 0 Å². The third kappa shape index (κ3) is 5.74. The SMILES string of the molecule is Cc1ccc(NC(=O)CN(C)C)c(NC(=O)c2cc(Cl)cc(Cl)c2)c1. The van der Waals surface area contributed by atoms with Crippen molar-refractivity contribution < 1.29 is 9.59 Å². The zero-order valence-electron chi connectivity index (χ0n) is 14.2. The van der Waals surface area contributed by atoms with Gasteiger partial charge in [-0.3, -0.25) is 9.59 Å². The Labute approximate surface area is 156 Å². The van der Waals surface area contributed by atoms with Crippen LogP contribution in [0, 0.1) is 6.92 Å². The number of carbonyl (C=O) groups excluding carboxylic acids is 2. The molecular formula is C18H19Cl2N3O2. The fraction of sp³-hybridized carbons (Fsp3) is 0.222. The van der Waals surface area contributed by atoms with Crippen LogP contribution in [-0.2, 0) is 4.79 Å². The molecule has 2 amide bonds. The van der Waals surface area contributed by atoms with Crippen molar-refractivity contribution in [2.24, 2.45) is 0 Å². The van der Waals surface area contributed by atoms with Crippen molar-refractivity contribution in [3.8, 4) is 0 Å². The molecule has 0 bridgehead atoms. The molecule has 7 heteroatoms. The highest BCUT2D eigenvalue weighted by atomic mass is 35.5. The first kappa shape index (κ1) is 19.2. The monoisotopic (exact) mass is 379 g/mol. The molecule has 0 unspecified atom stereocenters. The van der Waals surface area contributed by atoms with Crippen molar-refractivity contribution in [1.82, 2.24) is 4.90 Å². The molecule has 0 heterocycles. The molecule has 0 aromatic heterocycles. The molecule has 0 radical (unpaired) electrons. The molecule has 0 aliphatic heterocycles. The maximum Gasteiger partial charge on any atom is 0.255 e. The van der Waals surface area contributed by atoms with Gasteiger partial charge in [0.2, 0.25) is 5.91 Å². The maximum atomic E-state index is 12.5. The Bertz CT molecular complexity index is 787. The van der Waals surface area contributed by atoms with Crippen LogP contribution in [0.3, 0.4) is 0 Å². The van der Waals surface area contributed by atoms with Crippen LogP contribution in [0.25, 0.3) is 0 Å². The zero-order chi connectivity index (χ0) is 18.6. The number of nitrogens with one attached hydrogen (secondary N) is 2. The van der Waals surface area contributed by atoms with Crippen molar-refractivity contribution >= 4 is 46.4 Å². The van der Waals surface area contributed by atoms with Gasteiger partial charge < -0.3 is 15.5 Å². The molecule has 25 heavy (non-hydrogen) atoms. The lowest BCUT2D eigenvalue weighted by molar-refractivity contribution is -0.116. The summed E-state index contributed by atoms with van der Waals surface area (Å²) in [5.41, 5.74) is 2.32. The molecule has 2 aromatic rings. The van der Waals surface area contributed by atoms with E-state index in [1.807, 2.05) is 13.0 Å². The Kier molecular flexibility index (Phi) is 6.42. The molecule has 0 saturated carbocycles. The highest BCUT2D eigenvalue weighted by Gasteiger charge is 2.13. The fourth-order valence-corrected chi connectivity index (χ4v) is 2.75. The van der Waals surface area contributed by atoms with Gasteiger partial charge in [-0.2, -0.15) is 0 Å². The van der Waals surface area contributed by atoms with E-state index < -0.39 is 0 Å². The molecule has 132 valence electrons. The number of benzene rings is 2. The molecular weight excluding hydrogens is 361 g/mol. The second-order valence-electron chi connectivity index (χ2n) is 5.95. The molecule has 5 nitrogen and oxygen atoms in total. The summed E-state index contributed by atoms with van der Waals surface area (Å²) in [6.07, 6.45) is 0. The Morgan fingerprint density at radius 2 is 1.60 bits per heavy atom. The van der Waals surface area contributed by atoms with E-state index in [1.165, 1.54) is 12.1 Å². The van der Waals surface area contributed by atoms with E-state index in [2.05, 4.69) is 10.6 Å². The smallest absolute Gasteiger partial charge is 0.255 e. The number of amides is 2. The predicted molar refractivity (Wildman–Crippen MR) is 103 cm³/mol. The maximum absolute atomic E-state index is 12.5. The minimum Gasteiger partial charge on any atom is -0.323 e. The highest BCUT2D eigenvalue weighted by Crippen LogP contribution is 2.25. The number of halogens is 2. The van der Waals surface area contributed by atoms with Gasteiger partial charge in [-0.25, -0.2) is 0 Å². The largest absolute Gasteiger partial charge is 0.323 e. The Hall–Kier alpha value is -2.08. The number of likely N-dealkylation sites (N-methyl/N-ethyl adjacent to an activating group) is 1. The summed E-state index contributed by atoms with van der Waals surface area (Å²) in [7, 11) is 3.61. The van der Waals surface area contributed by atoms with Gasteiger partial charge in [0, 0.05) is 15.6 Å². The van der Waals surface area contributed by atoms with E-state index in [4.69, 9.17) is 23.2 Å². The van der Waals surface area contributed by atoms with E-state index in [0.29, 0.717) is 27.0 Å². The van der Waals surface area contributed by atoms with Crippen LogP contribution in [0.2, 0.25) is 10.0 Å². The summed E-state index contributed by atoms with van der Waals surface area (Å²) < 4.78 is 0. The number of hydrogen-bond donors (Lipinski definition) is 2. The molecule has 2 N–H and O–H groups in total. The second-order valence-corrected chi connectivity index (χ2v) is 6.82. The lowest BCUT2D eigenvalue weighted by Crippen LogP contribution is -2.27. The van der Waals surface area contributed by atoms with Gasteiger partial charge in [0.15, 0.2) is 0 Å². The average Bonchev–Trinajstić information content (AvgIpc) is 2.48. The van der Waals surface area contributed by atoms with Crippen molar-refractivity contribution in [2.75, 3.05) is 31.3 Å². The van der Waals surface area contributed by atoms with E-state index in [-0.39, 0.29) is 18.4 Å². The fourth-order valence-electron chi connectivity index (χ4n) is 2.23. The van der Waals surface area contributed by atoms with E-state index >= 15 is 0 Å². The third-order valence-corrected chi connectivity index (χ3v) is 3.72. The molecule has 0 aliphatic rings. The number of aryl methyl sites for hydroxylation is 1. The van der Waals surface area contributed by atoms with Crippen molar-refractivity contribution in [3.05, 3.63) is 57.6 Å². The molecule has 0 aliphatic carbocycles. The highest BCUT2D eigenvalue weighted by molar-refractivity contribution is 6.35. The van der Waals surface area contributed by atoms with E-state index in [1.54, 1.807) is 37.2 Å². The van der Waals surface area contributed by atoms with Crippen LogP contribution in [0.4, 0.5) is 11.4 Å². The van der Waals surface area contributed by atoms with Gasteiger partial charge in [-0.1, -0.05) is 29.3 Å². The number of carbonyl (C=O) groups is 2. The Balaban J connectivity index is 2.24. The van der Waals surface area contributed by atoms with Gasteiger partial charge in [0.05, 0.1) is 17.9 Å². The van der Waals surface area contributed by atoms with Gasteiger partial charge in [-0.05, 0) is 56.9 Å². The first-order valence-electron chi connectivity index (χ1n) is 7.57. The summed E-state index contributed by atoms with van der Waals surface area (Å²) in [4.78, 5) is 26.3. The Morgan fingerprint density at radius 1 is 0.960 bits per heavy atom. The molecule has 2 aromatic carbocycles. The van der Waals surface area contributed by atoms with Crippen LogP contribution in [0.15, 0.2) is 36.4 Å². The topological polar surface area (TPSA) is 61.4 Å². The number of rotatable bonds is 5. The third-order valence-electron chi connectivity index (χ3n) is 3.28.